The van der Waals surface area contributed by atoms with Gasteiger partial charge in [0.2, 0.25) is 11.8 Å². The lowest BCUT2D eigenvalue weighted by Crippen LogP contribution is -2.31. The minimum absolute atomic E-state index is 0.293. The molecule has 0 aliphatic heterocycles. The minimum Gasteiger partial charge on any atom is -0.480 e. The van der Waals surface area contributed by atoms with Crippen molar-refractivity contribution in [2.24, 2.45) is 0 Å². The number of aromatic nitrogens is 2. The van der Waals surface area contributed by atoms with Gasteiger partial charge in [-0.15, -0.1) is 0 Å². The first kappa shape index (κ1) is 14.8. The summed E-state index contributed by atoms with van der Waals surface area (Å²) in [6, 6.07) is 10.6. The molecule has 0 radical (unpaired) electrons. The number of nitrogens with zero attached hydrogens (tertiary/aromatic N) is 3. The van der Waals surface area contributed by atoms with Crippen LogP contribution in [0.4, 0.5) is 5.95 Å². The van der Waals surface area contributed by atoms with Gasteiger partial charge in [0.25, 0.3) is 0 Å². The fourth-order valence-corrected chi connectivity index (χ4v) is 2.24. The molecule has 1 heterocycles. The fourth-order valence-electron chi connectivity index (χ4n) is 1.89. The largest absolute Gasteiger partial charge is 0.480 e. The molecule has 0 unspecified atom stereocenters. The van der Waals surface area contributed by atoms with Crippen molar-refractivity contribution in [1.82, 2.24) is 9.97 Å². The number of halogens is 1. The van der Waals surface area contributed by atoms with E-state index >= 15 is 0 Å². The third-order valence-corrected chi connectivity index (χ3v) is 3.51. The SMILES string of the molecule is COc1nc(N(Cc2ccccc2)C(C)C)ncc1Br. The fraction of sp³-hybridized carbons (Fsp3) is 0.333. The highest BCUT2D eigenvalue weighted by Crippen LogP contribution is 2.25. The van der Waals surface area contributed by atoms with Crippen molar-refractivity contribution in [3.63, 3.8) is 0 Å². The number of hydrogen-bond acceptors (Lipinski definition) is 4. The molecule has 0 saturated carbocycles. The first-order chi connectivity index (χ1) is 9.61. The number of rotatable bonds is 5. The summed E-state index contributed by atoms with van der Waals surface area (Å²) >= 11 is 3.38. The molecule has 1 aromatic carbocycles. The van der Waals surface area contributed by atoms with Crippen LogP contribution in [0.15, 0.2) is 41.0 Å². The molecule has 2 rings (SSSR count). The topological polar surface area (TPSA) is 38.2 Å². The average Bonchev–Trinajstić information content (AvgIpc) is 2.46. The van der Waals surface area contributed by atoms with E-state index in [1.807, 2.05) is 18.2 Å². The average molecular weight is 336 g/mol. The molecule has 1 aromatic heterocycles. The predicted molar refractivity (Wildman–Crippen MR) is 84.0 cm³/mol. The van der Waals surface area contributed by atoms with Crippen molar-refractivity contribution >= 4 is 21.9 Å². The molecular weight excluding hydrogens is 318 g/mol. The number of methoxy groups -OCH3 is 1. The maximum atomic E-state index is 5.24. The van der Waals surface area contributed by atoms with Gasteiger partial charge < -0.3 is 9.64 Å². The van der Waals surface area contributed by atoms with Gasteiger partial charge in [0.05, 0.1) is 17.8 Å². The molecule has 5 heteroatoms. The third kappa shape index (κ3) is 3.48. The monoisotopic (exact) mass is 335 g/mol. The zero-order chi connectivity index (χ0) is 14.5. The maximum Gasteiger partial charge on any atom is 0.232 e. The van der Waals surface area contributed by atoms with Crippen molar-refractivity contribution < 1.29 is 4.74 Å². The summed E-state index contributed by atoms with van der Waals surface area (Å²) in [6.45, 7) is 5.02. The Hall–Kier alpha value is -1.62. The molecule has 106 valence electrons. The van der Waals surface area contributed by atoms with Crippen molar-refractivity contribution in [1.29, 1.82) is 0 Å². The van der Waals surface area contributed by atoms with Crippen LogP contribution in [0.5, 0.6) is 5.88 Å². The Morgan fingerprint density at radius 3 is 2.55 bits per heavy atom. The first-order valence-electron chi connectivity index (χ1n) is 6.49. The van der Waals surface area contributed by atoms with E-state index in [4.69, 9.17) is 4.74 Å². The lowest BCUT2D eigenvalue weighted by Gasteiger charge is -2.27. The molecule has 0 fully saturated rings. The number of anilines is 1. The lowest BCUT2D eigenvalue weighted by molar-refractivity contribution is 0.393. The van der Waals surface area contributed by atoms with Crippen molar-refractivity contribution in [2.45, 2.75) is 26.4 Å². The van der Waals surface area contributed by atoms with E-state index in [1.54, 1.807) is 13.3 Å². The van der Waals surface area contributed by atoms with Crippen LogP contribution in [0.2, 0.25) is 0 Å². The van der Waals surface area contributed by atoms with E-state index in [0.717, 1.165) is 11.0 Å². The highest BCUT2D eigenvalue weighted by molar-refractivity contribution is 9.10. The zero-order valence-corrected chi connectivity index (χ0v) is 13.5. The molecular formula is C15H18BrN3O. The van der Waals surface area contributed by atoms with Gasteiger partial charge in [-0.05, 0) is 35.3 Å². The Morgan fingerprint density at radius 1 is 1.25 bits per heavy atom. The molecule has 0 amide bonds. The van der Waals surface area contributed by atoms with Gasteiger partial charge >= 0.3 is 0 Å². The van der Waals surface area contributed by atoms with E-state index in [2.05, 4.69) is 56.8 Å². The van der Waals surface area contributed by atoms with E-state index in [0.29, 0.717) is 17.9 Å². The third-order valence-electron chi connectivity index (χ3n) is 2.97. The predicted octanol–water partition coefficient (Wildman–Crippen LogP) is 3.66. The van der Waals surface area contributed by atoms with Gasteiger partial charge in [0.1, 0.15) is 0 Å². The van der Waals surface area contributed by atoms with Crippen molar-refractivity contribution in [2.75, 3.05) is 12.0 Å². The van der Waals surface area contributed by atoms with Crippen LogP contribution in [0.25, 0.3) is 0 Å². The number of ether oxygens (including phenoxy) is 1. The normalized spacial score (nSPS) is 10.7. The summed E-state index contributed by atoms with van der Waals surface area (Å²) < 4.78 is 6.00. The van der Waals surface area contributed by atoms with Gasteiger partial charge in [0, 0.05) is 12.6 Å². The summed E-state index contributed by atoms with van der Waals surface area (Å²) in [4.78, 5) is 11.0. The Morgan fingerprint density at radius 2 is 1.95 bits per heavy atom. The Balaban J connectivity index is 2.29. The van der Waals surface area contributed by atoms with Crippen LogP contribution in [-0.2, 0) is 6.54 Å². The second-order valence-corrected chi connectivity index (χ2v) is 5.59. The van der Waals surface area contributed by atoms with E-state index in [-0.39, 0.29) is 0 Å². The Kier molecular flexibility index (Phi) is 4.95. The highest BCUT2D eigenvalue weighted by atomic mass is 79.9. The van der Waals surface area contributed by atoms with Crippen molar-refractivity contribution in [3.8, 4) is 5.88 Å². The summed E-state index contributed by atoms with van der Waals surface area (Å²) in [7, 11) is 1.60. The molecule has 0 spiro atoms. The zero-order valence-electron chi connectivity index (χ0n) is 11.9. The number of hydrogen-bond donors (Lipinski definition) is 0. The van der Waals surface area contributed by atoms with Crippen molar-refractivity contribution in [3.05, 3.63) is 46.6 Å². The molecule has 2 aromatic rings. The van der Waals surface area contributed by atoms with Crippen LogP contribution in [0.3, 0.4) is 0 Å². The summed E-state index contributed by atoms with van der Waals surface area (Å²) in [6.07, 6.45) is 1.72. The van der Waals surface area contributed by atoms with Gasteiger partial charge in [-0.25, -0.2) is 4.98 Å². The summed E-state index contributed by atoms with van der Waals surface area (Å²) in [5, 5.41) is 0. The minimum atomic E-state index is 0.293. The van der Waals surface area contributed by atoms with Crippen LogP contribution in [-0.4, -0.2) is 23.1 Å². The van der Waals surface area contributed by atoms with Crippen LogP contribution in [0, 0.1) is 0 Å². The van der Waals surface area contributed by atoms with Crippen LogP contribution < -0.4 is 9.64 Å². The summed E-state index contributed by atoms with van der Waals surface area (Å²) in [5.74, 6) is 1.22. The van der Waals surface area contributed by atoms with Crippen LogP contribution >= 0.6 is 15.9 Å². The Labute approximate surface area is 127 Å². The second kappa shape index (κ2) is 6.70. The van der Waals surface area contributed by atoms with Gasteiger partial charge in [-0.1, -0.05) is 30.3 Å². The highest BCUT2D eigenvalue weighted by Gasteiger charge is 2.16. The molecule has 4 nitrogen and oxygen atoms in total. The van der Waals surface area contributed by atoms with E-state index in [1.165, 1.54) is 5.56 Å². The first-order valence-corrected chi connectivity index (χ1v) is 7.28. The lowest BCUT2D eigenvalue weighted by atomic mass is 10.2. The Bertz CT molecular complexity index is 560. The summed E-state index contributed by atoms with van der Waals surface area (Å²) in [5.41, 5.74) is 1.23. The molecule has 20 heavy (non-hydrogen) atoms. The maximum absolute atomic E-state index is 5.24. The van der Waals surface area contributed by atoms with Gasteiger partial charge in [-0.2, -0.15) is 4.98 Å². The van der Waals surface area contributed by atoms with E-state index in [9.17, 15) is 0 Å². The molecule has 0 N–H and O–H groups in total. The molecule has 0 bridgehead atoms. The standard InChI is InChI=1S/C15H18BrN3O/c1-11(2)19(10-12-7-5-4-6-8-12)15-17-9-13(16)14(18-15)20-3/h4-9,11H,10H2,1-3H3. The molecule has 0 atom stereocenters. The molecule has 0 aliphatic rings. The quantitative estimate of drug-likeness (QED) is 0.835. The van der Waals surface area contributed by atoms with Gasteiger partial charge in [0.15, 0.2) is 0 Å². The smallest absolute Gasteiger partial charge is 0.232 e. The van der Waals surface area contributed by atoms with E-state index < -0.39 is 0 Å². The second-order valence-electron chi connectivity index (χ2n) is 4.73. The number of benzene rings is 1. The van der Waals surface area contributed by atoms with Gasteiger partial charge in [-0.3, -0.25) is 0 Å². The molecule has 0 aliphatic carbocycles. The molecule has 0 saturated heterocycles. The van der Waals surface area contributed by atoms with Crippen LogP contribution in [0.1, 0.15) is 19.4 Å².